The van der Waals surface area contributed by atoms with Crippen molar-refractivity contribution >= 4 is 6.03 Å². The third-order valence-corrected chi connectivity index (χ3v) is 2.95. The summed E-state index contributed by atoms with van der Waals surface area (Å²) in [6, 6.07) is -0.000972. The summed E-state index contributed by atoms with van der Waals surface area (Å²) in [7, 11) is 0. The van der Waals surface area contributed by atoms with Crippen LogP contribution in [0.2, 0.25) is 0 Å². The van der Waals surface area contributed by atoms with Gasteiger partial charge in [0.05, 0.1) is 0 Å². The lowest BCUT2D eigenvalue weighted by molar-refractivity contribution is 0.152. The quantitative estimate of drug-likeness (QED) is 0.673. The van der Waals surface area contributed by atoms with E-state index in [9.17, 15) is 9.90 Å². The monoisotopic (exact) mass is 228 g/mol. The van der Waals surface area contributed by atoms with E-state index in [0.717, 1.165) is 25.7 Å². The molecule has 2 unspecified atom stereocenters. The second kappa shape index (κ2) is 5.53. The smallest absolute Gasteiger partial charge is 0.315 e. The minimum atomic E-state index is -0.215. The first-order chi connectivity index (χ1) is 7.42. The SMILES string of the molecule is CC(C)(C)NC(=O)NC1CCCCC1CO. The van der Waals surface area contributed by atoms with E-state index in [-0.39, 0.29) is 30.1 Å². The molecular formula is C12H24N2O2. The van der Waals surface area contributed by atoms with Crippen LogP contribution >= 0.6 is 0 Å². The van der Waals surface area contributed by atoms with Gasteiger partial charge in [-0.3, -0.25) is 0 Å². The summed E-state index contributed by atoms with van der Waals surface area (Å²) in [5.74, 6) is 0.222. The molecule has 0 spiro atoms. The lowest BCUT2D eigenvalue weighted by Crippen LogP contribution is -2.52. The molecule has 0 heterocycles. The van der Waals surface area contributed by atoms with Gasteiger partial charge in [0.15, 0.2) is 0 Å². The molecule has 0 aliphatic heterocycles. The van der Waals surface area contributed by atoms with Crippen LogP contribution in [0.5, 0.6) is 0 Å². The molecular weight excluding hydrogens is 204 g/mol. The van der Waals surface area contributed by atoms with E-state index in [1.165, 1.54) is 0 Å². The van der Waals surface area contributed by atoms with Gasteiger partial charge < -0.3 is 15.7 Å². The standard InChI is InChI=1S/C12H24N2O2/c1-12(2,3)14-11(16)13-10-7-5-4-6-9(10)8-15/h9-10,15H,4-8H2,1-3H3,(H2,13,14,16). The van der Waals surface area contributed by atoms with Crippen LogP contribution in [0, 0.1) is 5.92 Å². The number of hydrogen-bond acceptors (Lipinski definition) is 2. The van der Waals surface area contributed by atoms with Gasteiger partial charge in [-0.1, -0.05) is 12.8 Å². The maximum absolute atomic E-state index is 11.7. The molecule has 1 saturated carbocycles. The van der Waals surface area contributed by atoms with E-state index in [4.69, 9.17) is 0 Å². The number of nitrogens with one attached hydrogen (secondary N) is 2. The van der Waals surface area contributed by atoms with Gasteiger partial charge in [0.1, 0.15) is 0 Å². The van der Waals surface area contributed by atoms with E-state index >= 15 is 0 Å². The Morgan fingerprint density at radius 2 is 1.94 bits per heavy atom. The number of aliphatic hydroxyl groups is 1. The molecule has 2 amide bonds. The summed E-state index contributed by atoms with van der Waals surface area (Å²) < 4.78 is 0. The summed E-state index contributed by atoms with van der Waals surface area (Å²) >= 11 is 0. The molecule has 0 aromatic carbocycles. The van der Waals surface area contributed by atoms with Gasteiger partial charge in [0.25, 0.3) is 0 Å². The van der Waals surface area contributed by atoms with Crippen molar-refractivity contribution in [1.29, 1.82) is 0 Å². The van der Waals surface area contributed by atoms with E-state index < -0.39 is 0 Å². The third-order valence-electron chi connectivity index (χ3n) is 2.95. The number of urea groups is 1. The predicted molar refractivity (Wildman–Crippen MR) is 64.3 cm³/mol. The summed E-state index contributed by atoms with van der Waals surface area (Å²) in [6.45, 7) is 6.03. The molecule has 0 radical (unpaired) electrons. The minimum absolute atomic E-state index is 0.126. The number of aliphatic hydroxyl groups excluding tert-OH is 1. The summed E-state index contributed by atoms with van der Waals surface area (Å²) in [4.78, 5) is 11.7. The van der Waals surface area contributed by atoms with Crippen molar-refractivity contribution in [3.8, 4) is 0 Å². The van der Waals surface area contributed by atoms with Gasteiger partial charge in [-0.2, -0.15) is 0 Å². The molecule has 0 bridgehead atoms. The minimum Gasteiger partial charge on any atom is -0.396 e. The van der Waals surface area contributed by atoms with Crippen LogP contribution in [0.1, 0.15) is 46.5 Å². The van der Waals surface area contributed by atoms with E-state index in [0.29, 0.717) is 0 Å². The number of carbonyl (C=O) groups is 1. The van der Waals surface area contributed by atoms with Gasteiger partial charge in [0.2, 0.25) is 0 Å². The molecule has 0 aromatic rings. The van der Waals surface area contributed by atoms with Crippen LogP contribution < -0.4 is 10.6 Å². The van der Waals surface area contributed by atoms with Crippen molar-refractivity contribution in [1.82, 2.24) is 10.6 Å². The van der Waals surface area contributed by atoms with Crippen LogP contribution in [0.3, 0.4) is 0 Å². The Morgan fingerprint density at radius 1 is 1.31 bits per heavy atom. The zero-order valence-corrected chi connectivity index (χ0v) is 10.5. The van der Waals surface area contributed by atoms with E-state index in [2.05, 4.69) is 10.6 Å². The first-order valence-corrected chi connectivity index (χ1v) is 6.12. The summed E-state index contributed by atoms with van der Waals surface area (Å²) in [5.41, 5.74) is -0.215. The fourth-order valence-electron chi connectivity index (χ4n) is 2.16. The van der Waals surface area contributed by atoms with Gasteiger partial charge in [-0.25, -0.2) is 4.79 Å². The Balaban J connectivity index is 2.42. The topological polar surface area (TPSA) is 61.4 Å². The van der Waals surface area contributed by atoms with Crippen molar-refractivity contribution in [3.63, 3.8) is 0 Å². The normalized spacial score (nSPS) is 26.2. The number of carbonyl (C=O) groups excluding carboxylic acids is 1. The molecule has 0 saturated heterocycles. The van der Waals surface area contributed by atoms with Crippen molar-refractivity contribution in [2.24, 2.45) is 5.92 Å². The summed E-state index contributed by atoms with van der Waals surface area (Å²) in [5, 5.41) is 15.1. The third kappa shape index (κ3) is 4.39. The molecule has 4 heteroatoms. The fraction of sp³-hybridized carbons (Fsp3) is 0.917. The van der Waals surface area contributed by atoms with Crippen molar-refractivity contribution < 1.29 is 9.90 Å². The highest BCUT2D eigenvalue weighted by atomic mass is 16.3. The molecule has 3 N–H and O–H groups in total. The Morgan fingerprint density at radius 3 is 2.50 bits per heavy atom. The maximum atomic E-state index is 11.7. The van der Waals surface area contributed by atoms with E-state index in [1.54, 1.807) is 0 Å². The highest BCUT2D eigenvalue weighted by molar-refractivity contribution is 5.75. The first kappa shape index (κ1) is 13.3. The predicted octanol–water partition coefficient (Wildman–Crippen LogP) is 1.64. The zero-order chi connectivity index (χ0) is 12.2. The van der Waals surface area contributed by atoms with Gasteiger partial charge in [-0.15, -0.1) is 0 Å². The van der Waals surface area contributed by atoms with Crippen LogP contribution in [0.4, 0.5) is 4.79 Å². The molecule has 1 aliphatic carbocycles. The van der Waals surface area contributed by atoms with E-state index in [1.807, 2.05) is 20.8 Å². The Kier molecular flexibility index (Phi) is 4.59. The molecule has 2 atom stereocenters. The average molecular weight is 228 g/mol. The maximum Gasteiger partial charge on any atom is 0.315 e. The molecule has 16 heavy (non-hydrogen) atoms. The second-order valence-electron chi connectivity index (χ2n) is 5.68. The molecule has 94 valence electrons. The van der Waals surface area contributed by atoms with Gasteiger partial charge in [-0.05, 0) is 33.6 Å². The Labute approximate surface area is 97.8 Å². The number of hydrogen-bond donors (Lipinski definition) is 3. The Bertz CT molecular complexity index is 236. The van der Waals surface area contributed by atoms with Crippen molar-refractivity contribution in [2.45, 2.75) is 58.0 Å². The largest absolute Gasteiger partial charge is 0.396 e. The van der Waals surface area contributed by atoms with Gasteiger partial charge in [0, 0.05) is 24.1 Å². The average Bonchev–Trinajstić information content (AvgIpc) is 2.15. The number of rotatable bonds is 2. The molecule has 1 fully saturated rings. The van der Waals surface area contributed by atoms with Gasteiger partial charge >= 0.3 is 6.03 Å². The molecule has 1 rings (SSSR count). The molecule has 1 aliphatic rings. The fourth-order valence-corrected chi connectivity index (χ4v) is 2.16. The zero-order valence-electron chi connectivity index (χ0n) is 10.5. The van der Waals surface area contributed by atoms with Crippen molar-refractivity contribution in [2.75, 3.05) is 6.61 Å². The highest BCUT2D eigenvalue weighted by Gasteiger charge is 2.26. The highest BCUT2D eigenvalue weighted by Crippen LogP contribution is 2.23. The summed E-state index contributed by atoms with van der Waals surface area (Å²) in [6.07, 6.45) is 4.28. The van der Waals surface area contributed by atoms with Crippen LogP contribution in [0.25, 0.3) is 0 Å². The van der Waals surface area contributed by atoms with Crippen molar-refractivity contribution in [3.05, 3.63) is 0 Å². The van der Waals surface area contributed by atoms with Crippen LogP contribution in [-0.4, -0.2) is 29.3 Å². The van der Waals surface area contributed by atoms with Crippen LogP contribution in [0.15, 0.2) is 0 Å². The Hall–Kier alpha value is -0.770. The lowest BCUT2D eigenvalue weighted by atomic mass is 9.85. The van der Waals surface area contributed by atoms with Crippen LogP contribution in [-0.2, 0) is 0 Å². The second-order valence-corrected chi connectivity index (χ2v) is 5.68. The molecule has 0 aromatic heterocycles. The lowest BCUT2D eigenvalue weighted by Gasteiger charge is -2.32. The first-order valence-electron chi connectivity index (χ1n) is 6.12. The number of amides is 2. The molecule has 4 nitrogen and oxygen atoms in total.